The number of unbranched alkanes of at least 4 members (excludes halogenated alkanes) is 16. The van der Waals surface area contributed by atoms with Gasteiger partial charge in [-0.3, -0.25) is 0 Å². The summed E-state index contributed by atoms with van der Waals surface area (Å²) in [6.45, 7) is 2.28. The van der Waals surface area contributed by atoms with Crippen LogP contribution in [0.3, 0.4) is 0 Å². The van der Waals surface area contributed by atoms with Crippen molar-refractivity contribution in [3.8, 4) is 0 Å². The molecule has 0 aliphatic heterocycles. The van der Waals surface area contributed by atoms with Crippen LogP contribution in [0.25, 0.3) is 0 Å². The number of hydrogen-bond acceptors (Lipinski definition) is 2. The number of allylic oxidation sites excluding steroid dienone is 1. The van der Waals surface area contributed by atoms with Crippen molar-refractivity contribution in [1.82, 2.24) is 0 Å². The first-order valence-electron chi connectivity index (χ1n) is 10.1. The number of carbonyl (C=O) groups excluding carboxylic acids is 1. The van der Waals surface area contributed by atoms with Gasteiger partial charge in [0.2, 0.25) is 6.08 Å². The maximum absolute atomic E-state index is 9.84. The van der Waals surface area contributed by atoms with E-state index in [0.717, 1.165) is 6.42 Å². The van der Waals surface area contributed by atoms with Crippen molar-refractivity contribution in [2.75, 3.05) is 0 Å². The van der Waals surface area contributed by atoms with Crippen LogP contribution in [0.5, 0.6) is 0 Å². The van der Waals surface area contributed by atoms with Gasteiger partial charge < -0.3 is 0 Å². The molecule has 0 aliphatic carbocycles. The van der Waals surface area contributed by atoms with Crippen LogP contribution in [0.1, 0.15) is 116 Å². The van der Waals surface area contributed by atoms with E-state index in [9.17, 15) is 4.79 Å². The lowest BCUT2D eigenvalue weighted by Gasteiger charge is -2.03. The molecule has 0 spiro atoms. The molecule has 0 heterocycles. The van der Waals surface area contributed by atoms with Crippen LogP contribution in [0, 0.1) is 0 Å². The molecule has 0 amide bonds. The molecule has 0 saturated carbocycles. The second-order valence-corrected chi connectivity index (χ2v) is 6.70. The highest BCUT2D eigenvalue weighted by molar-refractivity contribution is 5.34. The first-order chi connectivity index (χ1) is 11.4. The number of aliphatic imine (C=N–C) groups is 1. The lowest BCUT2D eigenvalue weighted by molar-refractivity contribution is 0.530. The number of rotatable bonds is 18. The minimum absolute atomic E-state index is 1.03. The van der Waals surface area contributed by atoms with E-state index >= 15 is 0 Å². The van der Waals surface area contributed by atoms with Crippen molar-refractivity contribution >= 4 is 6.08 Å². The molecular formula is C21H39NO. The molecular weight excluding hydrogens is 282 g/mol. The molecule has 0 atom stereocenters. The fraction of sp³-hybridized carbons (Fsp3) is 0.857. The molecule has 0 N–H and O–H groups in total. The standard InChI is InChI=1S/C21H39NO/c1-2-3-4-5-6-7-8-9-10-11-12-13-14-15-16-17-18-19-20-22-21-23/h19-20H,2-18H2,1H3/b20-19+. The molecule has 2 heteroatoms. The van der Waals surface area contributed by atoms with Crippen molar-refractivity contribution in [1.29, 1.82) is 0 Å². The second-order valence-electron chi connectivity index (χ2n) is 6.70. The van der Waals surface area contributed by atoms with Crippen LogP contribution >= 0.6 is 0 Å². The van der Waals surface area contributed by atoms with E-state index < -0.39 is 0 Å². The first kappa shape index (κ1) is 22.1. The Morgan fingerprint density at radius 3 is 1.43 bits per heavy atom. The van der Waals surface area contributed by atoms with Crippen LogP contribution < -0.4 is 0 Å². The predicted molar refractivity (Wildman–Crippen MR) is 101 cm³/mol. The van der Waals surface area contributed by atoms with Gasteiger partial charge >= 0.3 is 0 Å². The van der Waals surface area contributed by atoms with Gasteiger partial charge in [-0.15, -0.1) is 0 Å². The number of hydrogen-bond donors (Lipinski definition) is 0. The molecule has 0 aliphatic rings. The SMILES string of the molecule is CCCCCCCCCCCCCCCCCC/C=C/N=C=O. The molecule has 0 aromatic carbocycles. The Morgan fingerprint density at radius 2 is 1.04 bits per heavy atom. The zero-order valence-electron chi connectivity index (χ0n) is 15.5. The molecule has 0 radical (unpaired) electrons. The topological polar surface area (TPSA) is 29.4 Å². The Hall–Kier alpha value is -0.880. The van der Waals surface area contributed by atoms with Gasteiger partial charge in [-0.25, -0.2) is 4.79 Å². The van der Waals surface area contributed by atoms with Crippen LogP contribution in [0.4, 0.5) is 0 Å². The van der Waals surface area contributed by atoms with Gasteiger partial charge in [0.15, 0.2) is 0 Å². The summed E-state index contributed by atoms with van der Waals surface area (Å²) in [4.78, 5) is 13.2. The lowest BCUT2D eigenvalue weighted by atomic mass is 10.0. The fourth-order valence-corrected chi connectivity index (χ4v) is 2.97. The molecule has 0 bridgehead atoms. The quantitative estimate of drug-likeness (QED) is 0.146. The molecule has 23 heavy (non-hydrogen) atoms. The fourth-order valence-electron chi connectivity index (χ4n) is 2.97. The average molecular weight is 322 g/mol. The average Bonchev–Trinajstić information content (AvgIpc) is 2.57. The van der Waals surface area contributed by atoms with E-state index in [2.05, 4.69) is 11.9 Å². The number of isocyanates is 1. The molecule has 0 unspecified atom stereocenters. The zero-order valence-corrected chi connectivity index (χ0v) is 15.5. The number of nitrogens with zero attached hydrogens (tertiary/aromatic N) is 1. The highest BCUT2D eigenvalue weighted by atomic mass is 16.1. The molecule has 0 aromatic rings. The molecule has 0 saturated heterocycles. The lowest BCUT2D eigenvalue weighted by Crippen LogP contribution is -1.83. The van der Waals surface area contributed by atoms with Gasteiger partial charge in [0.05, 0.1) is 0 Å². The minimum Gasteiger partial charge on any atom is -0.211 e. The first-order valence-corrected chi connectivity index (χ1v) is 10.1. The van der Waals surface area contributed by atoms with Gasteiger partial charge in [0.1, 0.15) is 0 Å². The van der Waals surface area contributed by atoms with E-state index in [-0.39, 0.29) is 0 Å². The van der Waals surface area contributed by atoms with E-state index in [1.165, 1.54) is 109 Å². The van der Waals surface area contributed by atoms with E-state index in [4.69, 9.17) is 0 Å². The summed E-state index contributed by atoms with van der Waals surface area (Å²) >= 11 is 0. The Morgan fingerprint density at radius 1 is 0.652 bits per heavy atom. The van der Waals surface area contributed by atoms with E-state index in [1.54, 1.807) is 6.20 Å². The molecule has 0 aromatic heterocycles. The predicted octanol–water partition coefficient (Wildman–Crippen LogP) is 7.49. The van der Waals surface area contributed by atoms with Crippen molar-refractivity contribution in [3.63, 3.8) is 0 Å². The normalized spacial score (nSPS) is 11.0. The highest BCUT2D eigenvalue weighted by Crippen LogP contribution is 2.14. The Bertz CT molecular complexity index is 292. The summed E-state index contributed by atoms with van der Waals surface area (Å²) in [5.41, 5.74) is 0. The van der Waals surface area contributed by atoms with Gasteiger partial charge in [-0.05, 0) is 12.8 Å². The third kappa shape index (κ3) is 21.1. The van der Waals surface area contributed by atoms with Crippen LogP contribution in [-0.4, -0.2) is 6.08 Å². The minimum atomic E-state index is 1.03. The smallest absolute Gasteiger partial charge is 0.211 e. The van der Waals surface area contributed by atoms with Crippen molar-refractivity contribution in [2.45, 2.75) is 116 Å². The summed E-state index contributed by atoms with van der Waals surface area (Å²) < 4.78 is 0. The van der Waals surface area contributed by atoms with Crippen molar-refractivity contribution < 1.29 is 4.79 Å². The third-order valence-corrected chi connectivity index (χ3v) is 4.46. The second kappa shape index (κ2) is 21.1. The zero-order chi connectivity index (χ0) is 16.8. The van der Waals surface area contributed by atoms with Crippen molar-refractivity contribution in [2.24, 2.45) is 4.99 Å². The van der Waals surface area contributed by atoms with Gasteiger partial charge in [0.25, 0.3) is 0 Å². The van der Waals surface area contributed by atoms with Crippen LogP contribution in [0.2, 0.25) is 0 Å². The van der Waals surface area contributed by atoms with Crippen LogP contribution in [0.15, 0.2) is 17.3 Å². The van der Waals surface area contributed by atoms with Crippen molar-refractivity contribution in [3.05, 3.63) is 12.3 Å². The Labute approximate surface area is 144 Å². The molecule has 0 fully saturated rings. The Kier molecular flexibility index (Phi) is 20.3. The highest BCUT2D eigenvalue weighted by Gasteiger charge is 1.94. The monoisotopic (exact) mass is 321 g/mol. The van der Waals surface area contributed by atoms with Gasteiger partial charge in [-0.2, -0.15) is 4.99 Å². The summed E-state index contributed by atoms with van der Waals surface area (Å²) in [6.07, 6.45) is 28.5. The largest absolute Gasteiger partial charge is 0.239 e. The van der Waals surface area contributed by atoms with E-state index in [0.29, 0.717) is 0 Å². The molecule has 2 nitrogen and oxygen atoms in total. The van der Waals surface area contributed by atoms with E-state index in [1.807, 2.05) is 6.08 Å². The van der Waals surface area contributed by atoms with Crippen LogP contribution in [-0.2, 0) is 4.79 Å². The summed E-state index contributed by atoms with van der Waals surface area (Å²) in [7, 11) is 0. The van der Waals surface area contributed by atoms with Gasteiger partial charge in [0, 0.05) is 6.20 Å². The summed E-state index contributed by atoms with van der Waals surface area (Å²) in [5, 5.41) is 0. The maximum atomic E-state index is 9.84. The summed E-state index contributed by atoms with van der Waals surface area (Å²) in [5.74, 6) is 0. The molecule has 134 valence electrons. The summed E-state index contributed by atoms with van der Waals surface area (Å²) in [6, 6.07) is 0. The maximum Gasteiger partial charge on any atom is 0.239 e. The third-order valence-electron chi connectivity index (χ3n) is 4.46. The van der Waals surface area contributed by atoms with Gasteiger partial charge in [-0.1, -0.05) is 109 Å². The Balaban J connectivity index is 3.01. The molecule has 0 rings (SSSR count).